The Labute approximate surface area is 169 Å². The molecule has 29 heavy (non-hydrogen) atoms. The number of ether oxygens (including phenoxy) is 1. The van der Waals surface area contributed by atoms with Gasteiger partial charge in [-0.1, -0.05) is 30.4 Å². The van der Waals surface area contributed by atoms with Gasteiger partial charge in [-0.25, -0.2) is 8.42 Å². The molecule has 1 atom stereocenters. The van der Waals surface area contributed by atoms with E-state index >= 15 is 0 Å². The molecular weight excluding hydrogens is 392 g/mol. The molecule has 0 aromatic heterocycles. The van der Waals surface area contributed by atoms with Crippen LogP contribution in [0.15, 0.2) is 53.1 Å². The summed E-state index contributed by atoms with van der Waals surface area (Å²) in [6.07, 6.45) is 5.11. The topological polar surface area (TPSA) is 105 Å². The highest BCUT2D eigenvalue weighted by molar-refractivity contribution is 7.91. The molecule has 2 amide bonds. The smallest absolute Gasteiger partial charge is 0.271 e. The van der Waals surface area contributed by atoms with Gasteiger partial charge in [-0.3, -0.25) is 14.5 Å². The lowest BCUT2D eigenvalue weighted by atomic mass is 9.93. The Hall–Kier alpha value is -3.18. The summed E-state index contributed by atoms with van der Waals surface area (Å²) >= 11 is 0. The van der Waals surface area contributed by atoms with Crippen molar-refractivity contribution in [2.24, 2.45) is 0 Å². The van der Waals surface area contributed by atoms with E-state index in [9.17, 15) is 23.3 Å². The number of hydrogen-bond acceptors (Lipinski definition) is 6. The van der Waals surface area contributed by atoms with Gasteiger partial charge >= 0.3 is 0 Å². The van der Waals surface area contributed by atoms with Crippen LogP contribution in [0.5, 0.6) is 5.75 Å². The van der Waals surface area contributed by atoms with Gasteiger partial charge in [0.05, 0.1) is 24.7 Å². The molecule has 3 rings (SSSR count). The number of hydrogen-bond donors (Lipinski definition) is 0. The zero-order chi connectivity index (χ0) is 21.2. The van der Waals surface area contributed by atoms with E-state index in [0.717, 1.165) is 10.5 Å². The summed E-state index contributed by atoms with van der Waals surface area (Å²) < 4.78 is 28.9. The van der Waals surface area contributed by atoms with Gasteiger partial charge in [0.15, 0.2) is 9.84 Å². The number of nitrogens with zero attached hydrogens (tertiary/aromatic N) is 2. The van der Waals surface area contributed by atoms with Gasteiger partial charge < -0.3 is 4.74 Å². The SMILES string of the molecule is COc1ccccc1/C=C/C=C1/C(=O)N([C@H]2CCS(=O)(=O)C2)C(=O)C(C#N)=C1C. The fourth-order valence-corrected chi connectivity index (χ4v) is 5.19. The maximum Gasteiger partial charge on any atom is 0.271 e. The largest absolute Gasteiger partial charge is 0.496 e. The van der Waals surface area contributed by atoms with Gasteiger partial charge in [0.2, 0.25) is 0 Å². The van der Waals surface area contributed by atoms with Gasteiger partial charge in [-0.05, 0) is 31.1 Å². The Kier molecular flexibility index (Phi) is 5.71. The average molecular weight is 412 g/mol. The first kappa shape index (κ1) is 20.6. The van der Waals surface area contributed by atoms with Crippen LogP contribution < -0.4 is 4.74 Å². The minimum absolute atomic E-state index is 0.0773. The van der Waals surface area contributed by atoms with Crippen molar-refractivity contribution in [2.75, 3.05) is 18.6 Å². The van der Waals surface area contributed by atoms with Crippen molar-refractivity contribution in [1.82, 2.24) is 4.90 Å². The van der Waals surface area contributed by atoms with E-state index in [-0.39, 0.29) is 34.6 Å². The second-order valence-electron chi connectivity index (χ2n) is 6.83. The molecule has 150 valence electrons. The van der Waals surface area contributed by atoms with E-state index in [4.69, 9.17) is 4.74 Å². The lowest BCUT2D eigenvalue weighted by Crippen LogP contribution is -2.49. The Bertz CT molecular complexity index is 1110. The van der Waals surface area contributed by atoms with Crippen LogP contribution in [-0.4, -0.2) is 49.8 Å². The minimum atomic E-state index is -3.30. The van der Waals surface area contributed by atoms with Gasteiger partial charge in [-0.2, -0.15) is 5.26 Å². The van der Waals surface area contributed by atoms with Gasteiger partial charge in [0, 0.05) is 11.1 Å². The molecule has 0 unspecified atom stereocenters. The van der Waals surface area contributed by atoms with Crippen molar-refractivity contribution in [3.63, 3.8) is 0 Å². The molecular formula is C21H20N2O5S. The number of allylic oxidation sites excluding steroid dienone is 2. The first-order valence-corrected chi connectivity index (χ1v) is 10.8. The number of sulfone groups is 1. The van der Waals surface area contributed by atoms with Crippen molar-refractivity contribution in [1.29, 1.82) is 5.26 Å². The third-order valence-electron chi connectivity index (χ3n) is 5.02. The number of benzene rings is 1. The third-order valence-corrected chi connectivity index (χ3v) is 6.77. The normalized spacial score (nSPS) is 23.1. The Morgan fingerprint density at radius 3 is 2.59 bits per heavy atom. The van der Waals surface area contributed by atoms with Crippen LogP contribution in [0.1, 0.15) is 18.9 Å². The number of amides is 2. The summed E-state index contributed by atoms with van der Waals surface area (Å²) in [5.74, 6) is -1.00. The predicted molar refractivity (Wildman–Crippen MR) is 107 cm³/mol. The van der Waals surface area contributed by atoms with Gasteiger partial charge in [0.1, 0.15) is 17.4 Å². The molecule has 8 heteroatoms. The predicted octanol–water partition coefficient (Wildman–Crippen LogP) is 2.03. The van der Waals surface area contributed by atoms with Crippen LogP contribution >= 0.6 is 0 Å². The summed E-state index contributed by atoms with van der Waals surface area (Å²) in [7, 11) is -1.74. The van der Waals surface area contributed by atoms with Crippen LogP contribution in [0, 0.1) is 11.3 Å². The third kappa shape index (κ3) is 4.00. The van der Waals surface area contributed by atoms with E-state index in [1.807, 2.05) is 24.3 Å². The Balaban J connectivity index is 1.99. The highest BCUT2D eigenvalue weighted by atomic mass is 32.2. The lowest BCUT2D eigenvalue weighted by Gasteiger charge is -2.31. The van der Waals surface area contributed by atoms with Crippen LogP contribution in [0.25, 0.3) is 6.08 Å². The maximum absolute atomic E-state index is 13.0. The molecule has 0 N–H and O–H groups in total. The van der Waals surface area contributed by atoms with E-state index in [0.29, 0.717) is 5.75 Å². The zero-order valence-corrected chi connectivity index (χ0v) is 16.9. The summed E-state index contributed by atoms with van der Waals surface area (Å²) in [6, 6.07) is 8.44. The molecule has 0 radical (unpaired) electrons. The monoisotopic (exact) mass is 412 g/mol. The van der Waals surface area contributed by atoms with Crippen molar-refractivity contribution < 1.29 is 22.7 Å². The molecule has 2 aliphatic rings. The highest BCUT2D eigenvalue weighted by Gasteiger charge is 2.43. The molecule has 0 bridgehead atoms. The number of para-hydroxylation sites is 1. The minimum Gasteiger partial charge on any atom is -0.496 e. The fourth-order valence-electron chi connectivity index (χ4n) is 3.49. The van der Waals surface area contributed by atoms with E-state index in [2.05, 4.69) is 0 Å². The summed E-state index contributed by atoms with van der Waals surface area (Å²) in [4.78, 5) is 26.6. The first-order chi connectivity index (χ1) is 13.8. The molecule has 7 nitrogen and oxygen atoms in total. The molecule has 1 aromatic rings. The molecule has 2 heterocycles. The Morgan fingerprint density at radius 2 is 1.97 bits per heavy atom. The van der Waals surface area contributed by atoms with Crippen molar-refractivity contribution in [3.05, 3.63) is 58.7 Å². The zero-order valence-electron chi connectivity index (χ0n) is 16.1. The van der Waals surface area contributed by atoms with E-state index < -0.39 is 27.7 Å². The molecule has 0 aliphatic carbocycles. The number of carbonyl (C=O) groups excluding carboxylic acids is 2. The van der Waals surface area contributed by atoms with Crippen LogP contribution in [-0.2, 0) is 19.4 Å². The molecule has 0 spiro atoms. The second-order valence-corrected chi connectivity index (χ2v) is 9.06. The van der Waals surface area contributed by atoms with Crippen LogP contribution in [0.4, 0.5) is 0 Å². The maximum atomic E-state index is 13.0. The first-order valence-electron chi connectivity index (χ1n) is 9.00. The van der Waals surface area contributed by atoms with E-state index in [1.54, 1.807) is 32.3 Å². The van der Waals surface area contributed by atoms with Crippen LogP contribution in [0.2, 0.25) is 0 Å². The number of imide groups is 1. The lowest BCUT2D eigenvalue weighted by molar-refractivity contribution is -0.142. The molecule has 1 saturated heterocycles. The second kappa shape index (κ2) is 8.05. The van der Waals surface area contributed by atoms with Gasteiger partial charge in [-0.15, -0.1) is 0 Å². The van der Waals surface area contributed by atoms with Crippen molar-refractivity contribution in [2.45, 2.75) is 19.4 Å². The number of nitriles is 1. The summed E-state index contributed by atoms with van der Waals surface area (Å²) in [5.41, 5.74) is 1.12. The summed E-state index contributed by atoms with van der Waals surface area (Å²) in [6.45, 7) is 1.54. The summed E-state index contributed by atoms with van der Waals surface area (Å²) in [5, 5.41) is 9.42. The standard InChI is InChI=1S/C21H20N2O5S/c1-14-17(8-5-7-15-6-3-4-9-19(15)28-2)20(24)23(21(25)18(14)12-22)16-10-11-29(26,27)13-16/h3-9,16H,10-11,13H2,1-2H3/b7-5+,17-8+/t16-/m0/s1. The molecule has 2 aliphatic heterocycles. The van der Waals surface area contributed by atoms with Gasteiger partial charge in [0.25, 0.3) is 11.8 Å². The number of rotatable bonds is 4. The van der Waals surface area contributed by atoms with Crippen molar-refractivity contribution in [3.8, 4) is 11.8 Å². The fraction of sp³-hybridized carbons (Fsp3) is 0.286. The molecule has 0 saturated carbocycles. The molecule has 1 fully saturated rings. The number of methoxy groups -OCH3 is 1. The Morgan fingerprint density at radius 1 is 1.24 bits per heavy atom. The van der Waals surface area contributed by atoms with Crippen molar-refractivity contribution >= 4 is 27.7 Å². The number of carbonyl (C=O) groups is 2. The van der Waals surface area contributed by atoms with E-state index in [1.165, 1.54) is 6.08 Å². The molecule has 1 aromatic carbocycles. The van der Waals surface area contributed by atoms with Crippen LogP contribution in [0.3, 0.4) is 0 Å². The average Bonchev–Trinajstić information content (AvgIpc) is 3.04. The highest BCUT2D eigenvalue weighted by Crippen LogP contribution is 2.30. The quantitative estimate of drug-likeness (QED) is 0.554.